The molecule has 0 spiro atoms. The van der Waals surface area contributed by atoms with Crippen LogP contribution in [0.25, 0.3) is 10.6 Å². The molecule has 2 nitrogen and oxygen atoms in total. The molecule has 0 saturated heterocycles. The van der Waals surface area contributed by atoms with Gasteiger partial charge < -0.3 is 5.32 Å². The van der Waals surface area contributed by atoms with Crippen molar-refractivity contribution in [3.05, 3.63) is 38.8 Å². The SMILES string of the molecule is CCNC(C)c1sc(-c2cccc(Cl)c2Cl)nc1C. The maximum absolute atomic E-state index is 6.25. The van der Waals surface area contributed by atoms with Gasteiger partial charge in [0.25, 0.3) is 0 Å². The van der Waals surface area contributed by atoms with Crippen molar-refractivity contribution in [2.24, 2.45) is 0 Å². The van der Waals surface area contributed by atoms with E-state index in [1.165, 1.54) is 4.88 Å². The van der Waals surface area contributed by atoms with E-state index in [-0.39, 0.29) is 0 Å². The average Bonchev–Trinajstić information content (AvgIpc) is 2.75. The summed E-state index contributed by atoms with van der Waals surface area (Å²) in [5, 5.41) is 5.46. The van der Waals surface area contributed by atoms with Gasteiger partial charge in [-0.15, -0.1) is 11.3 Å². The second-order valence-corrected chi connectivity index (χ2v) is 6.17. The Morgan fingerprint density at radius 3 is 2.79 bits per heavy atom. The van der Waals surface area contributed by atoms with Gasteiger partial charge in [0.2, 0.25) is 0 Å². The van der Waals surface area contributed by atoms with Crippen LogP contribution in [0, 0.1) is 6.92 Å². The van der Waals surface area contributed by atoms with Crippen molar-refractivity contribution < 1.29 is 0 Å². The fourth-order valence-electron chi connectivity index (χ4n) is 1.99. The van der Waals surface area contributed by atoms with E-state index in [4.69, 9.17) is 23.2 Å². The first-order valence-corrected chi connectivity index (χ1v) is 7.77. The van der Waals surface area contributed by atoms with Gasteiger partial charge in [0.1, 0.15) is 5.01 Å². The average molecular weight is 315 g/mol. The van der Waals surface area contributed by atoms with Crippen molar-refractivity contribution in [1.82, 2.24) is 10.3 Å². The summed E-state index contributed by atoms with van der Waals surface area (Å²) < 4.78 is 0. The van der Waals surface area contributed by atoms with Gasteiger partial charge in [0.15, 0.2) is 0 Å². The summed E-state index contributed by atoms with van der Waals surface area (Å²) >= 11 is 14.0. The predicted octanol–water partition coefficient (Wildman–Crippen LogP) is 5.10. The fourth-order valence-corrected chi connectivity index (χ4v) is 3.56. The normalized spacial score (nSPS) is 12.7. The number of halogens is 2. The largest absolute Gasteiger partial charge is 0.310 e. The highest BCUT2D eigenvalue weighted by Crippen LogP contribution is 2.38. The van der Waals surface area contributed by atoms with Gasteiger partial charge in [-0.3, -0.25) is 0 Å². The monoisotopic (exact) mass is 314 g/mol. The molecule has 5 heteroatoms. The molecule has 1 atom stereocenters. The Morgan fingerprint density at radius 1 is 1.37 bits per heavy atom. The van der Waals surface area contributed by atoms with Crippen molar-refractivity contribution in [3.8, 4) is 10.6 Å². The van der Waals surface area contributed by atoms with Crippen LogP contribution < -0.4 is 5.32 Å². The van der Waals surface area contributed by atoms with Crippen LogP contribution in [0.3, 0.4) is 0 Å². The molecule has 0 aliphatic heterocycles. The van der Waals surface area contributed by atoms with Crippen molar-refractivity contribution in [3.63, 3.8) is 0 Å². The van der Waals surface area contributed by atoms with Crippen LogP contribution in [-0.4, -0.2) is 11.5 Å². The minimum atomic E-state index is 0.300. The van der Waals surface area contributed by atoms with Crippen LogP contribution in [0.15, 0.2) is 18.2 Å². The second kappa shape index (κ2) is 6.23. The quantitative estimate of drug-likeness (QED) is 0.849. The summed E-state index contributed by atoms with van der Waals surface area (Å²) in [6.45, 7) is 7.21. The fraction of sp³-hybridized carbons (Fsp3) is 0.357. The van der Waals surface area contributed by atoms with E-state index in [0.29, 0.717) is 16.1 Å². The summed E-state index contributed by atoms with van der Waals surface area (Å²) in [4.78, 5) is 5.86. The van der Waals surface area contributed by atoms with Gasteiger partial charge in [-0.2, -0.15) is 0 Å². The number of hydrogen-bond acceptors (Lipinski definition) is 3. The summed E-state index contributed by atoms with van der Waals surface area (Å²) in [5.41, 5.74) is 1.95. The Hall–Kier alpha value is -0.610. The van der Waals surface area contributed by atoms with Crippen LogP contribution >= 0.6 is 34.5 Å². The Kier molecular flexibility index (Phi) is 4.85. The maximum atomic E-state index is 6.25. The van der Waals surface area contributed by atoms with Crippen LogP contribution in [0.1, 0.15) is 30.5 Å². The number of aromatic nitrogens is 1. The third-order valence-corrected chi connectivity index (χ3v) is 5.11. The number of hydrogen-bond donors (Lipinski definition) is 1. The van der Waals surface area contributed by atoms with Gasteiger partial charge >= 0.3 is 0 Å². The summed E-state index contributed by atoms with van der Waals surface area (Å²) in [7, 11) is 0. The van der Waals surface area contributed by atoms with Gasteiger partial charge in [-0.1, -0.05) is 42.3 Å². The lowest BCUT2D eigenvalue weighted by Crippen LogP contribution is -2.17. The topological polar surface area (TPSA) is 24.9 Å². The van der Waals surface area contributed by atoms with Gasteiger partial charge in [0.05, 0.1) is 15.7 Å². The Morgan fingerprint density at radius 2 is 2.11 bits per heavy atom. The molecule has 1 unspecified atom stereocenters. The molecular formula is C14H16Cl2N2S. The van der Waals surface area contributed by atoms with Crippen LogP contribution in [0.2, 0.25) is 10.0 Å². The number of aryl methyl sites for hydroxylation is 1. The number of nitrogens with zero attached hydrogens (tertiary/aromatic N) is 1. The second-order valence-electron chi connectivity index (χ2n) is 4.35. The zero-order chi connectivity index (χ0) is 14.0. The molecule has 0 radical (unpaired) electrons. The van der Waals surface area contributed by atoms with E-state index in [1.54, 1.807) is 17.4 Å². The molecule has 102 valence electrons. The molecule has 2 aromatic rings. The summed E-state index contributed by atoms with van der Waals surface area (Å²) in [6, 6.07) is 5.94. The van der Waals surface area contributed by atoms with E-state index < -0.39 is 0 Å². The molecule has 19 heavy (non-hydrogen) atoms. The lowest BCUT2D eigenvalue weighted by molar-refractivity contribution is 0.603. The Labute approximate surface area is 127 Å². The van der Waals surface area contributed by atoms with Crippen molar-refractivity contribution in [2.45, 2.75) is 26.8 Å². The standard InChI is InChI=1S/C14H16Cl2N2S/c1-4-17-8(2)13-9(3)18-14(19-13)10-6-5-7-11(15)12(10)16/h5-8,17H,4H2,1-3H3. The Bertz CT molecular complexity index is 581. The lowest BCUT2D eigenvalue weighted by Gasteiger charge is -2.10. The number of benzene rings is 1. The molecule has 1 aromatic heterocycles. The molecular weight excluding hydrogens is 299 g/mol. The zero-order valence-electron chi connectivity index (χ0n) is 11.1. The third-order valence-electron chi connectivity index (χ3n) is 2.92. The van der Waals surface area contributed by atoms with Crippen LogP contribution in [0.5, 0.6) is 0 Å². The Balaban J connectivity index is 2.42. The highest BCUT2D eigenvalue weighted by atomic mass is 35.5. The van der Waals surface area contributed by atoms with Gasteiger partial charge in [-0.25, -0.2) is 4.98 Å². The minimum absolute atomic E-state index is 0.300. The lowest BCUT2D eigenvalue weighted by atomic mass is 10.2. The zero-order valence-corrected chi connectivity index (χ0v) is 13.5. The van der Waals surface area contributed by atoms with E-state index >= 15 is 0 Å². The first kappa shape index (κ1) is 14.8. The molecule has 1 N–H and O–H groups in total. The highest BCUT2D eigenvalue weighted by Gasteiger charge is 2.16. The predicted molar refractivity (Wildman–Crippen MR) is 84.4 cm³/mol. The number of thiazole rings is 1. The van der Waals surface area contributed by atoms with Crippen molar-refractivity contribution in [1.29, 1.82) is 0 Å². The highest BCUT2D eigenvalue weighted by molar-refractivity contribution is 7.15. The summed E-state index contributed by atoms with van der Waals surface area (Å²) in [5.74, 6) is 0. The van der Waals surface area contributed by atoms with Crippen molar-refractivity contribution in [2.75, 3.05) is 6.54 Å². The third kappa shape index (κ3) is 3.11. The molecule has 1 aromatic carbocycles. The number of rotatable bonds is 4. The molecule has 0 aliphatic carbocycles. The first-order valence-electron chi connectivity index (χ1n) is 6.19. The first-order chi connectivity index (χ1) is 9.04. The molecule has 0 fully saturated rings. The van der Waals surface area contributed by atoms with E-state index in [9.17, 15) is 0 Å². The molecule has 2 rings (SSSR count). The number of nitrogens with one attached hydrogen (secondary N) is 1. The van der Waals surface area contributed by atoms with E-state index in [2.05, 4.69) is 24.1 Å². The van der Waals surface area contributed by atoms with Crippen LogP contribution in [-0.2, 0) is 0 Å². The molecule has 1 heterocycles. The minimum Gasteiger partial charge on any atom is -0.310 e. The van der Waals surface area contributed by atoms with E-state index in [1.807, 2.05) is 19.1 Å². The molecule has 0 bridgehead atoms. The molecule has 0 amide bonds. The smallest absolute Gasteiger partial charge is 0.125 e. The van der Waals surface area contributed by atoms with Crippen LogP contribution in [0.4, 0.5) is 0 Å². The molecule has 0 aliphatic rings. The van der Waals surface area contributed by atoms with E-state index in [0.717, 1.165) is 22.8 Å². The maximum Gasteiger partial charge on any atom is 0.125 e. The summed E-state index contributed by atoms with van der Waals surface area (Å²) in [6.07, 6.45) is 0. The van der Waals surface area contributed by atoms with Gasteiger partial charge in [-0.05, 0) is 26.5 Å². The molecule has 0 saturated carbocycles. The van der Waals surface area contributed by atoms with Crippen molar-refractivity contribution >= 4 is 34.5 Å². The van der Waals surface area contributed by atoms with Gasteiger partial charge in [0, 0.05) is 16.5 Å².